The molecular formula is C16H20N6O2. The molecule has 0 bridgehead atoms. The number of pyridine rings is 1. The van der Waals surface area contributed by atoms with Crippen molar-refractivity contribution in [2.24, 2.45) is 0 Å². The molecule has 0 unspecified atom stereocenters. The molecule has 0 atom stereocenters. The molecule has 0 saturated heterocycles. The second-order valence-corrected chi connectivity index (χ2v) is 5.11. The molecule has 2 heterocycles. The summed E-state index contributed by atoms with van der Waals surface area (Å²) >= 11 is 0. The molecule has 2 amide bonds. The molecule has 0 spiro atoms. The van der Waals surface area contributed by atoms with Crippen LogP contribution in [0, 0.1) is 0 Å². The Hall–Kier alpha value is -3.16. The van der Waals surface area contributed by atoms with Crippen LogP contribution in [-0.2, 0) is 6.54 Å². The molecule has 2 aromatic rings. The monoisotopic (exact) mass is 328 g/mol. The lowest BCUT2D eigenvalue weighted by molar-refractivity contribution is 0.0944. The quantitative estimate of drug-likeness (QED) is 0.530. The number of carbonyl (C=O) groups excluding carboxylic acids is 2. The van der Waals surface area contributed by atoms with Crippen molar-refractivity contribution in [3.8, 4) is 0 Å². The van der Waals surface area contributed by atoms with E-state index in [9.17, 15) is 9.59 Å². The topological polar surface area (TPSA) is 112 Å². The van der Waals surface area contributed by atoms with Crippen molar-refractivity contribution in [1.82, 2.24) is 30.9 Å². The summed E-state index contributed by atoms with van der Waals surface area (Å²) in [5, 5.41) is 8.39. The number of amides is 2. The van der Waals surface area contributed by atoms with Gasteiger partial charge in [0.25, 0.3) is 11.8 Å². The number of hydrogen-bond donors (Lipinski definition) is 4. The standard InChI is InChI=1S/C16H20N6O2/c1-11(2)17-7-8-19-16(24)14-20-10-13(22-14)15(23)21-9-12-5-3-4-6-18-12/h3-6,10,17H,1,7-9H2,2H3,(H,19,24)(H,20,22)(H,21,23). The van der Waals surface area contributed by atoms with Gasteiger partial charge in [-0.05, 0) is 19.1 Å². The molecular weight excluding hydrogens is 308 g/mol. The molecule has 0 aromatic carbocycles. The van der Waals surface area contributed by atoms with E-state index >= 15 is 0 Å². The van der Waals surface area contributed by atoms with Crippen LogP contribution in [0.25, 0.3) is 0 Å². The molecule has 8 heteroatoms. The maximum atomic E-state index is 12.0. The number of nitrogens with zero attached hydrogens (tertiary/aromatic N) is 2. The lowest BCUT2D eigenvalue weighted by atomic mass is 10.3. The van der Waals surface area contributed by atoms with E-state index in [1.54, 1.807) is 12.3 Å². The third-order valence-electron chi connectivity index (χ3n) is 3.03. The van der Waals surface area contributed by atoms with Gasteiger partial charge in [0.15, 0.2) is 5.82 Å². The van der Waals surface area contributed by atoms with Gasteiger partial charge in [0, 0.05) is 25.0 Å². The van der Waals surface area contributed by atoms with Crippen LogP contribution in [0.1, 0.15) is 33.7 Å². The Bertz CT molecular complexity index is 710. The van der Waals surface area contributed by atoms with Crippen molar-refractivity contribution in [2.45, 2.75) is 13.5 Å². The number of nitrogens with one attached hydrogen (secondary N) is 4. The van der Waals surface area contributed by atoms with Gasteiger partial charge in [-0.15, -0.1) is 0 Å². The third-order valence-corrected chi connectivity index (χ3v) is 3.03. The second kappa shape index (κ2) is 8.47. The number of aromatic nitrogens is 3. The molecule has 0 aliphatic rings. The summed E-state index contributed by atoms with van der Waals surface area (Å²) in [6, 6.07) is 5.46. The van der Waals surface area contributed by atoms with Crippen molar-refractivity contribution in [1.29, 1.82) is 0 Å². The molecule has 24 heavy (non-hydrogen) atoms. The van der Waals surface area contributed by atoms with Gasteiger partial charge < -0.3 is 20.9 Å². The lowest BCUT2D eigenvalue weighted by Crippen LogP contribution is -2.31. The Morgan fingerprint density at radius 1 is 1.12 bits per heavy atom. The number of allylic oxidation sites excluding steroid dienone is 1. The number of imidazole rings is 1. The average molecular weight is 328 g/mol. The van der Waals surface area contributed by atoms with Crippen LogP contribution in [0.5, 0.6) is 0 Å². The fraction of sp³-hybridized carbons (Fsp3) is 0.250. The second-order valence-electron chi connectivity index (χ2n) is 5.11. The van der Waals surface area contributed by atoms with Gasteiger partial charge in [-0.1, -0.05) is 12.6 Å². The maximum Gasteiger partial charge on any atom is 0.287 e. The van der Waals surface area contributed by atoms with E-state index in [0.29, 0.717) is 19.6 Å². The maximum absolute atomic E-state index is 12.0. The molecule has 0 saturated carbocycles. The summed E-state index contributed by atoms with van der Waals surface area (Å²) in [6.07, 6.45) is 2.98. The smallest absolute Gasteiger partial charge is 0.287 e. The number of carbonyl (C=O) groups is 2. The SMILES string of the molecule is C=C(C)NCCNC(=O)c1ncc(C(=O)NCc2ccccn2)[nH]1. The van der Waals surface area contributed by atoms with Gasteiger partial charge in [0.2, 0.25) is 0 Å². The molecule has 0 radical (unpaired) electrons. The summed E-state index contributed by atoms with van der Waals surface area (Å²) < 4.78 is 0. The first kappa shape index (κ1) is 17.2. The van der Waals surface area contributed by atoms with Crippen molar-refractivity contribution in [3.63, 3.8) is 0 Å². The van der Waals surface area contributed by atoms with Crippen molar-refractivity contribution in [2.75, 3.05) is 13.1 Å². The zero-order chi connectivity index (χ0) is 17.4. The normalized spacial score (nSPS) is 10.0. The van der Waals surface area contributed by atoms with E-state index in [4.69, 9.17) is 0 Å². The highest BCUT2D eigenvalue weighted by Crippen LogP contribution is 1.99. The number of rotatable bonds is 8. The molecule has 4 N–H and O–H groups in total. The first-order valence-corrected chi connectivity index (χ1v) is 7.47. The Balaban J connectivity index is 1.82. The molecule has 2 rings (SSSR count). The number of hydrogen-bond acceptors (Lipinski definition) is 5. The number of aromatic amines is 1. The Labute approximate surface area is 139 Å². The first-order chi connectivity index (χ1) is 11.6. The van der Waals surface area contributed by atoms with Gasteiger partial charge in [0.1, 0.15) is 5.69 Å². The van der Waals surface area contributed by atoms with Gasteiger partial charge in [-0.25, -0.2) is 4.98 Å². The number of H-pyrrole nitrogens is 1. The van der Waals surface area contributed by atoms with Crippen LogP contribution in [0.4, 0.5) is 0 Å². The predicted molar refractivity (Wildman–Crippen MR) is 89.1 cm³/mol. The minimum Gasteiger partial charge on any atom is -0.387 e. The van der Waals surface area contributed by atoms with Crippen LogP contribution in [0.2, 0.25) is 0 Å². The van der Waals surface area contributed by atoms with Crippen LogP contribution in [-0.4, -0.2) is 39.9 Å². The molecule has 126 valence electrons. The Kier molecular flexibility index (Phi) is 6.07. The highest BCUT2D eigenvalue weighted by Gasteiger charge is 2.14. The highest BCUT2D eigenvalue weighted by molar-refractivity contribution is 5.95. The van der Waals surface area contributed by atoms with Crippen LogP contribution >= 0.6 is 0 Å². The third kappa shape index (κ3) is 5.24. The lowest BCUT2D eigenvalue weighted by Gasteiger charge is -2.05. The minimum absolute atomic E-state index is 0.0910. The van der Waals surface area contributed by atoms with Gasteiger partial charge in [-0.2, -0.15) is 0 Å². The molecule has 0 aliphatic heterocycles. The van der Waals surface area contributed by atoms with Gasteiger partial charge in [-0.3, -0.25) is 14.6 Å². The van der Waals surface area contributed by atoms with Crippen LogP contribution < -0.4 is 16.0 Å². The zero-order valence-electron chi connectivity index (χ0n) is 13.4. The van der Waals surface area contributed by atoms with Crippen molar-refractivity contribution >= 4 is 11.8 Å². The van der Waals surface area contributed by atoms with Crippen molar-refractivity contribution in [3.05, 3.63) is 60.1 Å². The van der Waals surface area contributed by atoms with E-state index in [1.807, 2.05) is 19.1 Å². The molecule has 2 aromatic heterocycles. The van der Waals surface area contributed by atoms with Gasteiger partial charge >= 0.3 is 0 Å². The predicted octanol–water partition coefficient (Wildman–Crippen LogP) is 0.588. The van der Waals surface area contributed by atoms with Crippen LogP contribution in [0.15, 0.2) is 42.9 Å². The minimum atomic E-state index is -0.373. The van der Waals surface area contributed by atoms with E-state index in [0.717, 1.165) is 11.4 Å². The molecule has 0 aliphatic carbocycles. The van der Waals surface area contributed by atoms with Gasteiger partial charge in [0.05, 0.1) is 18.4 Å². The summed E-state index contributed by atoms with van der Waals surface area (Å²) in [5.41, 5.74) is 1.79. The largest absolute Gasteiger partial charge is 0.387 e. The summed E-state index contributed by atoms with van der Waals surface area (Å²) in [7, 11) is 0. The van der Waals surface area contributed by atoms with Crippen molar-refractivity contribution < 1.29 is 9.59 Å². The zero-order valence-corrected chi connectivity index (χ0v) is 13.4. The summed E-state index contributed by atoms with van der Waals surface area (Å²) in [4.78, 5) is 34.7. The average Bonchev–Trinajstić information content (AvgIpc) is 3.07. The summed E-state index contributed by atoms with van der Waals surface area (Å²) in [6.45, 7) is 6.83. The summed E-state index contributed by atoms with van der Waals surface area (Å²) in [5.74, 6) is -0.633. The fourth-order valence-electron chi connectivity index (χ4n) is 1.86. The van der Waals surface area contributed by atoms with E-state index < -0.39 is 0 Å². The Morgan fingerprint density at radius 2 is 1.92 bits per heavy atom. The van der Waals surface area contributed by atoms with E-state index in [-0.39, 0.29) is 23.3 Å². The van der Waals surface area contributed by atoms with E-state index in [1.165, 1.54) is 6.20 Å². The van der Waals surface area contributed by atoms with E-state index in [2.05, 4.69) is 37.5 Å². The van der Waals surface area contributed by atoms with Crippen LogP contribution in [0.3, 0.4) is 0 Å². The molecule has 8 nitrogen and oxygen atoms in total. The first-order valence-electron chi connectivity index (χ1n) is 7.47. The Morgan fingerprint density at radius 3 is 2.62 bits per heavy atom. The fourth-order valence-corrected chi connectivity index (χ4v) is 1.86. The highest BCUT2D eigenvalue weighted by atomic mass is 16.2. The molecule has 0 fully saturated rings.